The first kappa shape index (κ1) is 15.5. The quantitative estimate of drug-likeness (QED) is 0.480. The highest BCUT2D eigenvalue weighted by atomic mass is 32.2. The summed E-state index contributed by atoms with van der Waals surface area (Å²) >= 11 is 0. The third kappa shape index (κ3) is 3.47. The van der Waals surface area contributed by atoms with E-state index in [2.05, 4.69) is 4.72 Å². The minimum absolute atomic E-state index is 0.00497. The van der Waals surface area contributed by atoms with E-state index in [-0.39, 0.29) is 16.1 Å². The predicted molar refractivity (Wildman–Crippen MR) is 66.1 cm³/mol. The maximum Gasteiger partial charge on any atom is 0.273 e. The average Bonchev–Trinajstić information content (AvgIpc) is 2.35. The highest BCUT2D eigenvalue weighted by Crippen LogP contribution is 2.24. The summed E-state index contributed by atoms with van der Waals surface area (Å²) in [4.78, 5) is 9.81. The fourth-order valence-corrected chi connectivity index (χ4v) is 2.99. The Kier molecular flexibility index (Phi) is 4.95. The number of benzene rings is 1. The molecule has 0 unspecified atom stereocenters. The van der Waals surface area contributed by atoms with Crippen LogP contribution in [-0.2, 0) is 10.0 Å². The maximum absolute atomic E-state index is 12.0. The normalized spacial score (nSPS) is 11.8. The van der Waals surface area contributed by atoms with Crippen molar-refractivity contribution in [3.8, 4) is 0 Å². The number of nitrogens with one attached hydrogen (secondary N) is 1. The first-order valence-corrected chi connectivity index (χ1v) is 6.80. The van der Waals surface area contributed by atoms with E-state index in [0.717, 1.165) is 0 Å². The molecule has 0 radical (unpaired) electrons. The van der Waals surface area contributed by atoms with Crippen LogP contribution in [0, 0.1) is 17.0 Å². The van der Waals surface area contributed by atoms with Crippen LogP contribution in [0.1, 0.15) is 5.56 Å². The van der Waals surface area contributed by atoms with Crippen LogP contribution in [-0.4, -0.2) is 42.8 Å². The van der Waals surface area contributed by atoms with Crippen LogP contribution in [0.2, 0.25) is 0 Å². The summed E-state index contributed by atoms with van der Waals surface area (Å²) in [5, 5.41) is 28.5. The number of rotatable bonds is 6. The van der Waals surface area contributed by atoms with Crippen molar-refractivity contribution >= 4 is 15.7 Å². The lowest BCUT2D eigenvalue weighted by Gasteiger charge is -2.14. The van der Waals surface area contributed by atoms with Crippen LogP contribution >= 0.6 is 0 Å². The standard InChI is InChI=1S/C10H14N2O6S/c1-7-9(12(15)16)3-2-4-10(7)19(17,18)11-8(5-13)6-14/h2-4,8,11,13-14H,5-6H2,1H3. The molecule has 0 fully saturated rings. The Hall–Kier alpha value is -1.55. The smallest absolute Gasteiger partial charge is 0.273 e. The van der Waals surface area contributed by atoms with E-state index in [1.165, 1.54) is 25.1 Å². The van der Waals surface area contributed by atoms with Gasteiger partial charge in [-0.25, -0.2) is 13.1 Å². The van der Waals surface area contributed by atoms with Crippen LogP contribution in [0.3, 0.4) is 0 Å². The lowest BCUT2D eigenvalue weighted by atomic mass is 10.2. The van der Waals surface area contributed by atoms with Gasteiger partial charge in [0.05, 0.1) is 29.1 Å². The summed E-state index contributed by atoms with van der Waals surface area (Å²) in [6.45, 7) is 0.160. The predicted octanol–water partition coefficient (Wildman–Crippen LogP) is -0.465. The van der Waals surface area contributed by atoms with Gasteiger partial charge in [0.1, 0.15) is 0 Å². The third-order valence-corrected chi connectivity index (χ3v) is 4.17. The molecule has 0 spiro atoms. The van der Waals surface area contributed by atoms with Gasteiger partial charge in [-0.3, -0.25) is 10.1 Å². The van der Waals surface area contributed by atoms with Crippen molar-refractivity contribution in [2.45, 2.75) is 17.9 Å². The van der Waals surface area contributed by atoms with Crippen molar-refractivity contribution in [2.75, 3.05) is 13.2 Å². The van der Waals surface area contributed by atoms with Crippen molar-refractivity contribution in [3.63, 3.8) is 0 Å². The summed E-state index contributed by atoms with van der Waals surface area (Å²) in [5.74, 6) is 0. The number of nitro groups is 1. The van der Waals surface area contributed by atoms with Gasteiger partial charge in [-0.1, -0.05) is 6.07 Å². The highest BCUT2D eigenvalue weighted by Gasteiger charge is 2.25. The Bertz CT molecular complexity index is 567. The molecule has 1 rings (SSSR count). The van der Waals surface area contributed by atoms with Gasteiger partial charge < -0.3 is 10.2 Å². The van der Waals surface area contributed by atoms with Gasteiger partial charge in [-0.05, 0) is 13.0 Å². The number of aliphatic hydroxyl groups excluding tert-OH is 2. The largest absolute Gasteiger partial charge is 0.395 e. The number of hydrogen-bond donors (Lipinski definition) is 3. The number of aliphatic hydroxyl groups is 2. The summed E-state index contributed by atoms with van der Waals surface area (Å²) in [6.07, 6.45) is 0. The molecule has 0 aliphatic rings. The Morgan fingerprint density at radius 1 is 1.37 bits per heavy atom. The van der Waals surface area contributed by atoms with E-state index >= 15 is 0 Å². The second-order valence-corrected chi connectivity index (χ2v) is 5.52. The molecule has 0 aliphatic carbocycles. The van der Waals surface area contributed by atoms with Gasteiger partial charge in [0.25, 0.3) is 5.69 Å². The monoisotopic (exact) mass is 290 g/mol. The zero-order valence-electron chi connectivity index (χ0n) is 10.1. The van der Waals surface area contributed by atoms with Gasteiger partial charge in [0.2, 0.25) is 10.0 Å². The lowest BCUT2D eigenvalue weighted by Crippen LogP contribution is -2.40. The number of nitrogens with zero attached hydrogens (tertiary/aromatic N) is 1. The zero-order chi connectivity index (χ0) is 14.6. The second kappa shape index (κ2) is 6.06. The molecular weight excluding hydrogens is 276 g/mol. The summed E-state index contributed by atoms with van der Waals surface area (Å²) in [6, 6.07) is 2.62. The zero-order valence-corrected chi connectivity index (χ0v) is 10.9. The van der Waals surface area contributed by atoms with E-state index in [4.69, 9.17) is 10.2 Å². The van der Waals surface area contributed by atoms with Crippen molar-refractivity contribution in [1.82, 2.24) is 4.72 Å². The maximum atomic E-state index is 12.0. The van der Waals surface area contributed by atoms with E-state index in [9.17, 15) is 18.5 Å². The first-order valence-electron chi connectivity index (χ1n) is 5.31. The van der Waals surface area contributed by atoms with Gasteiger partial charge in [0.15, 0.2) is 0 Å². The summed E-state index contributed by atoms with van der Waals surface area (Å²) in [5.41, 5.74) is -0.318. The Morgan fingerprint density at radius 3 is 2.42 bits per heavy atom. The fraction of sp³-hybridized carbons (Fsp3) is 0.400. The van der Waals surface area contributed by atoms with Gasteiger partial charge >= 0.3 is 0 Å². The molecule has 8 nitrogen and oxygen atoms in total. The molecule has 9 heteroatoms. The Balaban J connectivity index is 3.22. The molecule has 0 bridgehead atoms. The number of hydrogen-bond acceptors (Lipinski definition) is 6. The van der Waals surface area contributed by atoms with Gasteiger partial charge in [0, 0.05) is 11.6 Å². The first-order chi connectivity index (χ1) is 8.83. The second-order valence-electron chi connectivity index (χ2n) is 3.84. The van der Waals surface area contributed by atoms with E-state index in [0.29, 0.717) is 0 Å². The lowest BCUT2D eigenvalue weighted by molar-refractivity contribution is -0.385. The summed E-state index contributed by atoms with van der Waals surface area (Å²) < 4.78 is 26.1. The Labute approximate surface area is 109 Å². The van der Waals surface area contributed by atoms with Crippen molar-refractivity contribution in [3.05, 3.63) is 33.9 Å². The summed E-state index contributed by atoms with van der Waals surface area (Å²) in [7, 11) is -4.04. The molecule has 106 valence electrons. The third-order valence-electron chi connectivity index (χ3n) is 2.50. The average molecular weight is 290 g/mol. The van der Waals surface area contributed by atoms with Crippen LogP contribution < -0.4 is 4.72 Å². The number of nitro benzene ring substituents is 1. The molecule has 3 N–H and O–H groups in total. The molecule has 0 heterocycles. The molecule has 0 amide bonds. The van der Waals surface area contributed by atoms with E-state index in [1.54, 1.807) is 0 Å². The van der Waals surface area contributed by atoms with Crippen molar-refractivity contribution < 1.29 is 23.6 Å². The highest BCUT2D eigenvalue weighted by molar-refractivity contribution is 7.89. The van der Waals surface area contributed by atoms with Gasteiger partial charge in [-0.2, -0.15) is 0 Å². The fourth-order valence-electron chi connectivity index (χ4n) is 1.51. The van der Waals surface area contributed by atoms with E-state index in [1.807, 2.05) is 0 Å². The molecule has 19 heavy (non-hydrogen) atoms. The van der Waals surface area contributed by atoms with Crippen LogP contribution in [0.25, 0.3) is 0 Å². The van der Waals surface area contributed by atoms with Crippen molar-refractivity contribution in [1.29, 1.82) is 0 Å². The molecule has 0 aromatic heterocycles. The Morgan fingerprint density at radius 2 is 1.95 bits per heavy atom. The van der Waals surface area contributed by atoms with E-state index < -0.39 is 34.2 Å². The molecule has 0 aliphatic heterocycles. The molecule has 0 saturated carbocycles. The van der Waals surface area contributed by atoms with Crippen LogP contribution in [0.5, 0.6) is 0 Å². The van der Waals surface area contributed by atoms with Gasteiger partial charge in [-0.15, -0.1) is 0 Å². The molecular formula is C10H14N2O6S. The van der Waals surface area contributed by atoms with Crippen molar-refractivity contribution in [2.24, 2.45) is 0 Å². The topological polar surface area (TPSA) is 130 Å². The minimum Gasteiger partial charge on any atom is -0.395 e. The number of sulfonamides is 1. The molecule has 0 saturated heterocycles. The molecule has 1 aromatic carbocycles. The molecule has 1 aromatic rings. The minimum atomic E-state index is -4.04. The van der Waals surface area contributed by atoms with Crippen LogP contribution in [0.4, 0.5) is 5.69 Å². The SMILES string of the molecule is Cc1c([N+](=O)[O-])cccc1S(=O)(=O)NC(CO)CO. The van der Waals surface area contributed by atoms with Crippen LogP contribution in [0.15, 0.2) is 23.1 Å². The molecule has 0 atom stereocenters.